The molecule has 108 valence electrons. The molecule has 0 aliphatic heterocycles. The van der Waals surface area contributed by atoms with E-state index in [9.17, 15) is 0 Å². The van der Waals surface area contributed by atoms with Crippen molar-refractivity contribution in [3.05, 3.63) is 12.1 Å². The van der Waals surface area contributed by atoms with Crippen molar-refractivity contribution in [2.75, 3.05) is 23.7 Å². The molecule has 0 unspecified atom stereocenters. The van der Waals surface area contributed by atoms with E-state index in [0.29, 0.717) is 11.6 Å². The molecule has 0 aliphatic carbocycles. The first kappa shape index (κ1) is 15.6. The number of ether oxygens (including phenoxy) is 1. The molecule has 4 heteroatoms. The van der Waals surface area contributed by atoms with Crippen molar-refractivity contribution in [3.8, 4) is 5.88 Å². The maximum absolute atomic E-state index is 5.94. The summed E-state index contributed by atoms with van der Waals surface area (Å²) >= 11 is 0. The van der Waals surface area contributed by atoms with Gasteiger partial charge >= 0.3 is 0 Å². The van der Waals surface area contributed by atoms with Gasteiger partial charge in [-0.3, -0.25) is 0 Å². The smallest absolute Gasteiger partial charge is 0.239 e. The van der Waals surface area contributed by atoms with Crippen LogP contribution in [0.25, 0.3) is 0 Å². The van der Waals surface area contributed by atoms with E-state index in [-0.39, 0.29) is 5.60 Å². The van der Waals surface area contributed by atoms with Crippen LogP contribution in [0, 0.1) is 0 Å². The summed E-state index contributed by atoms with van der Waals surface area (Å²) in [4.78, 5) is 6.85. The zero-order chi connectivity index (χ0) is 14.5. The van der Waals surface area contributed by atoms with Crippen LogP contribution < -0.4 is 15.4 Å². The highest BCUT2D eigenvalue weighted by atomic mass is 16.5. The van der Waals surface area contributed by atoms with Crippen molar-refractivity contribution in [2.45, 2.75) is 53.1 Å². The molecule has 0 aliphatic rings. The highest BCUT2D eigenvalue weighted by molar-refractivity contribution is 5.54. The lowest BCUT2D eigenvalue weighted by atomic mass is 10.2. The number of hydrogen-bond donors (Lipinski definition) is 1. The van der Waals surface area contributed by atoms with Gasteiger partial charge in [0.1, 0.15) is 11.4 Å². The molecule has 0 atom stereocenters. The molecule has 0 spiro atoms. The fourth-order valence-electron chi connectivity index (χ4n) is 1.87. The molecule has 4 nitrogen and oxygen atoms in total. The molecule has 1 rings (SSSR count). The topological polar surface area (TPSA) is 51.4 Å². The first-order valence-electron chi connectivity index (χ1n) is 7.08. The van der Waals surface area contributed by atoms with Gasteiger partial charge in [-0.15, -0.1) is 0 Å². The van der Waals surface area contributed by atoms with E-state index < -0.39 is 0 Å². The first-order valence-corrected chi connectivity index (χ1v) is 7.08. The maximum Gasteiger partial charge on any atom is 0.239 e. The number of aromatic nitrogens is 1. The predicted octanol–water partition coefficient (Wildman–Crippen LogP) is 3.47. The van der Waals surface area contributed by atoms with Crippen LogP contribution in [-0.2, 0) is 0 Å². The van der Waals surface area contributed by atoms with Crippen LogP contribution in [-0.4, -0.2) is 23.7 Å². The van der Waals surface area contributed by atoms with Crippen LogP contribution in [0.5, 0.6) is 5.88 Å². The lowest BCUT2D eigenvalue weighted by Crippen LogP contribution is -2.27. The van der Waals surface area contributed by atoms with Gasteiger partial charge in [-0.05, 0) is 45.7 Å². The van der Waals surface area contributed by atoms with Crippen molar-refractivity contribution in [1.82, 2.24) is 4.98 Å². The van der Waals surface area contributed by atoms with Crippen molar-refractivity contribution < 1.29 is 4.74 Å². The third kappa shape index (κ3) is 4.97. The molecule has 0 fully saturated rings. The number of nitrogens with zero attached hydrogens (tertiary/aromatic N) is 2. The zero-order valence-electron chi connectivity index (χ0n) is 12.9. The summed E-state index contributed by atoms with van der Waals surface area (Å²) in [5.74, 6) is 1.47. The lowest BCUT2D eigenvalue weighted by molar-refractivity contribution is 0.125. The van der Waals surface area contributed by atoms with Crippen molar-refractivity contribution in [1.29, 1.82) is 0 Å². The van der Waals surface area contributed by atoms with Crippen LogP contribution in [0.4, 0.5) is 11.5 Å². The van der Waals surface area contributed by atoms with Gasteiger partial charge in [-0.2, -0.15) is 4.98 Å². The largest absolute Gasteiger partial charge is 0.470 e. The molecule has 0 saturated carbocycles. The highest BCUT2D eigenvalue weighted by Gasteiger charge is 2.16. The Morgan fingerprint density at radius 1 is 1.16 bits per heavy atom. The molecule has 0 amide bonds. The van der Waals surface area contributed by atoms with Gasteiger partial charge in [0.15, 0.2) is 0 Å². The monoisotopic (exact) mass is 265 g/mol. The molecule has 0 bridgehead atoms. The Morgan fingerprint density at radius 3 is 2.21 bits per heavy atom. The maximum atomic E-state index is 5.94. The second-order valence-corrected chi connectivity index (χ2v) is 5.77. The van der Waals surface area contributed by atoms with Gasteiger partial charge in [0.25, 0.3) is 0 Å². The number of rotatable bonds is 6. The van der Waals surface area contributed by atoms with Crippen LogP contribution in [0.15, 0.2) is 12.1 Å². The highest BCUT2D eigenvalue weighted by Crippen LogP contribution is 2.26. The Morgan fingerprint density at radius 2 is 1.74 bits per heavy atom. The van der Waals surface area contributed by atoms with Gasteiger partial charge in [0.2, 0.25) is 5.88 Å². The molecule has 1 aromatic rings. The Hall–Kier alpha value is -1.45. The Kier molecular flexibility index (Phi) is 5.45. The summed E-state index contributed by atoms with van der Waals surface area (Å²) in [5.41, 5.74) is 6.24. The van der Waals surface area contributed by atoms with Crippen molar-refractivity contribution in [2.24, 2.45) is 0 Å². The molecule has 0 radical (unpaired) electrons. The molecular formula is C15H27N3O. The fraction of sp³-hybridized carbons (Fsp3) is 0.667. The average Bonchev–Trinajstić information content (AvgIpc) is 2.30. The van der Waals surface area contributed by atoms with E-state index in [1.807, 2.05) is 32.9 Å². The lowest BCUT2D eigenvalue weighted by Gasteiger charge is -2.25. The molecule has 2 N–H and O–H groups in total. The second-order valence-electron chi connectivity index (χ2n) is 5.77. The van der Waals surface area contributed by atoms with E-state index in [2.05, 4.69) is 23.7 Å². The minimum Gasteiger partial charge on any atom is -0.470 e. The average molecular weight is 265 g/mol. The van der Waals surface area contributed by atoms with Crippen LogP contribution in [0.1, 0.15) is 47.5 Å². The summed E-state index contributed by atoms with van der Waals surface area (Å²) < 4.78 is 5.82. The normalized spacial score (nSPS) is 11.4. The van der Waals surface area contributed by atoms with Gasteiger partial charge in [-0.25, -0.2) is 0 Å². The number of nitrogen functional groups attached to an aromatic ring is 1. The first-order chi connectivity index (χ1) is 8.87. The summed E-state index contributed by atoms with van der Waals surface area (Å²) in [6.07, 6.45) is 2.20. The Labute approximate surface area is 117 Å². The Balaban J connectivity index is 2.99. The van der Waals surface area contributed by atoms with E-state index in [1.165, 1.54) is 0 Å². The fourth-order valence-corrected chi connectivity index (χ4v) is 1.87. The van der Waals surface area contributed by atoms with Crippen LogP contribution in [0.3, 0.4) is 0 Å². The number of nitrogens with two attached hydrogens (primary N) is 1. The van der Waals surface area contributed by atoms with Crippen molar-refractivity contribution in [3.63, 3.8) is 0 Å². The predicted molar refractivity (Wildman–Crippen MR) is 81.8 cm³/mol. The third-order valence-corrected chi connectivity index (χ3v) is 2.59. The standard InChI is InChI=1S/C15H27N3O/c1-6-10-18(11-7-2)13-9-8-12(16)14(17-13)19-15(3,4)5/h8-9H,6-7,10-11,16H2,1-5H3. The molecule has 0 aromatic carbocycles. The second kappa shape index (κ2) is 6.64. The van der Waals surface area contributed by atoms with Crippen LogP contribution >= 0.6 is 0 Å². The zero-order valence-corrected chi connectivity index (χ0v) is 12.9. The quantitative estimate of drug-likeness (QED) is 0.855. The van der Waals surface area contributed by atoms with Gasteiger partial charge in [0, 0.05) is 13.1 Å². The van der Waals surface area contributed by atoms with Crippen molar-refractivity contribution >= 4 is 11.5 Å². The summed E-state index contributed by atoms with van der Waals surface area (Å²) in [5, 5.41) is 0. The molecule has 0 saturated heterocycles. The number of hydrogen-bond acceptors (Lipinski definition) is 4. The van der Waals surface area contributed by atoms with Crippen LogP contribution in [0.2, 0.25) is 0 Å². The molecule has 19 heavy (non-hydrogen) atoms. The minimum absolute atomic E-state index is 0.292. The van der Waals surface area contributed by atoms with E-state index >= 15 is 0 Å². The Bertz CT molecular complexity index is 393. The van der Waals surface area contributed by atoms with Gasteiger partial charge < -0.3 is 15.4 Å². The van der Waals surface area contributed by atoms with E-state index in [1.54, 1.807) is 0 Å². The van der Waals surface area contributed by atoms with Gasteiger partial charge in [0.05, 0.1) is 5.69 Å². The third-order valence-electron chi connectivity index (χ3n) is 2.59. The number of anilines is 2. The van der Waals surface area contributed by atoms with E-state index in [4.69, 9.17) is 10.5 Å². The molecular weight excluding hydrogens is 238 g/mol. The molecule has 1 heterocycles. The minimum atomic E-state index is -0.292. The molecule has 1 aromatic heterocycles. The summed E-state index contributed by atoms with van der Waals surface area (Å²) in [6, 6.07) is 3.85. The summed E-state index contributed by atoms with van der Waals surface area (Å²) in [6.45, 7) is 12.3. The summed E-state index contributed by atoms with van der Waals surface area (Å²) in [7, 11) is 0. The van der Waals surface area contributed by atoms with E-state index in [0.717, 1.165) is 31.7 Å². The number of pyridine rings is 1. The van der Waals surface area contributed by atoms with Gasteiger partial charge in [-0.1, -0.05) is 13.8 Å². The SMILES string of the molecule is CCCN(CCC)c1ccc(N)c(OC(C)(C)C)n1.